The molecular formula is C29H34N2O7. The first kappa shape index (κ1) is 25.2. The number of fused-ring (bicyclic) bond motifs is 3. The molecule has 3 aliphatic rings. The summed E-state index contributed by atoms with van der Waals surface area (Å²) >= 11 is 0. The first-order valence-corrected chi connectivity index (χ1v) is 13.7. The minimum absolute atomic E-state index is 0.0219. The molecule has 1 aromatic heterocycles. The molecular weight excluding hydrogens is 488 g/mol. The molecule has 0 radical (unpaired) electrons. The second-order valence-corrected chi connectivity index (χ2v) is 10.2. The van der Waals surface area contributed by atoms with Crippen LogP contribution in [0.2, 0.25) is 0 Å². The summed E-state index contributed by atoms with van der Waals surface area (Å²) < 4.78 is 30.9. The Bertz CT molecular complexity index is 1230. The van der Waals surface area contributed by atoms with Gasteiger partial charge in [0.2, 0.25) is 6.29 Å². The molecule has 0 aliphatic carbocycles. The van der Waals surface area contributed by atoms with Crippen LogP contribution in [0.1, 0.15) is 44.9 Å². The van der Waals surface area contributed by atoms with E-state index in [4.69, 9.17) is 23.7 Å². The molecule has 3 aromatic rings. The predicted molar refractivity (Wildman–Crippen MR) is 139 cm³/mol. The van der Waals surface area contributed by atoms with Crippen LogP contribution in [0.5, 0.6) is 0 Å². The van der Waals surface area contributed by atoms with Crippen molar-refractivity contribution < 1.29 is 33.3 Å². The highest BCUT2D eigenvalue weighted by Crippen LogP contribution is 2.30. The van der Waals surface area contributed by atoms with Gasteiger partial charge in [0.05, 0.1) is 30.3 Å². The largest absolute Gasteiger partial charge is 0.434 e. The number of likely N-dealkylation sites (tertiary alicyclic amines) is 1. The van der Waals surface area contributed by atoms with Gasteiger partial charge in [-0.3, -0.25) is 4.90 Å². The maximum absolute atomic E-state index is 13.4. The highest BCUT2D eigenvalue weighted by molar-refractivity contribution is 6.07. The lowest BCUT2D eigenvalue weighted by molar-refractivity contribution is -0.192. The summed E-state index contributed by atoms with van der Waals surface area (Å²) in [5.74, 6) is -0.485. The summed E-state index contributed by atoms with van der Waals surface area (Å²) in [5.41, 5.74) is 1.95. The molecule has 2 unspecified atom stereocenters. The van der Waals surface area contributed by atoms with E-state index in [2.05, 4.69) is 12.1 Å². The fourth-order valence-electron chi connectivity index (χ4n) is 5.71. The summed E-state index contributed by atoms with van der Waals surface area (Å²) in [6, 6.07) is 15.3. The van der Waals surface area contributed by atoms with Crippen LogP contribution < -0.4 is 0 Å². The molecule has 0 saturated carbocycles. The molecule has 3 aliphatic heterocycles. The summed E-state index contributed by atoms with van der Waals surface area (Å²) in [6.07, 6.45) is 3.93. The van der Waals surface area contributed by atoms with Gasteiger partial charge in [-0.05, 0) is 44.2 Å². The zero-order chi connectivity index (χ0) is 25.9. The Morgan fingerprint density at radius 3 is 2.11 bits per heavy atom. The summed E-state index contributed by atoms with van der Waals surface area (Å²) in [7, 11) is 0. The van der Waals surface area contributed by atoms with Gasteiger partial charge in [-0.2, -0.15) is 0 Å². The van der Waals surface area contributed by atoms with Crippen molar-refractivity contribution in [3.05, 3.63) is 48.5 Å². The van der Waals surface area contributed by atoms with E-state index in [0.29, 0.717) is 26.1 Å². The number of aromatic nitrogens is 1. The summed E-state index contributed by atoms with van der Waals surface area (Å²) in [5, 5.41) is 2.19. The van der Waals surface area contributed by atoms with Crippen molar-refractivity contribution >= 4 is 33.9 Å². The quantitative estimate of drug-likeness (QED) is 0.424. The van der Waals surface area contributed by atoms with E-state index in [1.54, 1.807) is 0 Å². The number of carbonyl (C=O) groups is 2. The van der Waals surface area contributed by atoms with Crippen molar-refractivity contribution in [2.75, 3.05) is 19.8 Å². The lowest BCUT2D eigenvalue weighted by Gasteiger charge is -2.27. The second kappa shape index (κ2) is 11.3. The number of nitrogens with zero attached hydrogens (tertiary/aromatic N) is 2. The van der Waals surface area contributed by atoms with Gasteiger partial charge in [-0.15, -0.1) is 0 Å². The molecule has 4 heterocycles. The normalized spacial score (nSPS) is 26.1. The Morgan fingerprint density at radius 2 is 1.47 bits per heavy atom. The van der Waals surface area contributed by atoms with Gasteiger partial charge < -0.3 is 28.3 Å². The van der Waals surface area contributed by atoms with E-state index in [1.165, 1.54) is 4.90 Å². The third kappa shape index (κ3) is 5.23. The van der Waals surface area contributed by atoms with Gasteiger partial charge in [0.15, 0.2) is 13.0 Å². The Labute approximate surface area is 221 Å². The van der Waals surface area contributed by atoms with Gasteiger partial charge >= 0.3 is 12.1 Å². The van der Waals surface area contributed by atoms with Gasteiger partial charge in [0.1, 0.15) is 6.04 Å². The van der Waals surface area contributed by atoms with E-state index in [1.807, 2.05) is 41.0 Å². The maximum Gasteiger partial charge on any atom is 0.412 e. The van der Waals surface area contributed by atoms with Crippen molar-refractivity contribution in [3.63, 3.8) is 0 Å². The van der Waals surface area contributed by atoms with Crippen molar-refractivity contribution in [2.45, 2.75) is 76.4 Å². The number of rotatable bonds is 6. The molecule has 0 N–H and O–H groups in total. The molecule has 202 valence electrons. The van der Waals surface area contributed by atoms with E-state index in [0.717, 1.165) is 53.9 Å². The van der Waals surface area contributed by atoms with E-state index in [9.17, 15) is 9.59 Å². The van der Waals surface area contributed by atoms with Crippen LogP contribution in [0.25, 0.3) is 21.8 Å². The Balaban J connectivity index is 1.18. The van der Waals surface area contributed by atoms with Gasteiger partial charge in [-0.1, -0.05) is 36.4 Å². The van der Waals surface area contributed by atoms with Gasteiger partial charge in [0.25, 0.3) is 0 Å². The van der Waals surface area contributed by atoms with E-state index >= 15 is 0 Å². The number of ether oxygens (including phenoxy) is 5. The molecule has 1 amide bonds. The molecule has 3 fully saturated rings. The average Bonchev–Trinajstić information content (AvgIpc) is 3.52. The second-order valence-electron chi connectivity index (χ2n) is 10.2. The van der Waals surface area contributed by atoms with Crippen LogP contribution in [-0.4, -0.2) is 66.0 Å². The van der Waals surface area contributed by atoms with Crippen LogP contribution in [-0.2, 0) is 35.2 Å². The zero-order valence-corrected chi connectivity index (χ0v) is 21.5. The highest BCUT2D eigenvalue weighted by Gasteiger charge is 2.44. The topological polar surface area (TPSA) is 88.5 Å². The number of hydrogen-bond acceptors (Lipinski definition) is 7. The Hall–Kier alpha value is -3.14. The average molecular weight is 523 g/mol. The maximum atomic E-state index is 13.4. The third-order valence-corrected chi connectivity index (χ3v) is 7.63. The molecule has 0 bridgehead atoms. The molecule has 38 heavy (non-hydrogen) atoms. The molecule has 2 aromatic carbocycles. The van der Waals surface area contributed by atoms with Crippen LogP contribution in [0.15, 0.2) is 48.5 Å². The predicted octanol–water partition coefficient (Wildman–Crippen LogP) is 4.94. The van der Waals surface area contributed by atoms with Gasteiger partial charge in [0, 0.05) is 30.2 Å². The molecule has 0 spiro atoms. The molecule has 9 heteroatoms. The zero-order valence-electron chi connectivity index (χ0n) is 21.5. The lowest BCUT2D eigenvalue weighted by Crippen LogP contribution is -2.43. The number of benzene rings is 2. The molecule has 4 atom stereocenters. The highest BCUT2D eigenvalue weighted by atomic mass is 16.7. The Morgan fingerprint density at radius 1 is 0.842 bits per heavy atom. The monoisotopic (exact) mass is 522 g/mol. The van der Waals surface area contributed by atoms with E-state index < -0.39 is 24.4 Å². The van der Waals surface area contributed by atoms with Crippen LogP contribution in [0.4, 0.5) is 4.79 Å². The molecule has 3 saturated heterocycles. The summed E-state index contributed by atoms with van der Waals surface area (Å²) in [4.78, 5) is 28.1. The van der Waals surface area contributed by atoms with Crippen molar-refractivity contribution in [1.29, 1.82) is 0 Å². The lowest BCUT2D eigenvalue weighted by atomic mass is 10.1. The summed E-state index contributed by atoms with van der Waals surface area (Å²) in [6.45, 7) is 1.48. The van der Waals surface area contributed by atoms with Crippen molar-refractivity contribution in [1.82, 2.24) is 9.47 Å². The number of carbonyl (C=O) groups excluding carboxylic acids is 2. The van der Waals surface area contributed by atoms with Crippen molar-refractivity contribution in [2.24, 2.45) is 0 Å². The standard InChI is InChI=1S/C29H34N2O7/c32-28(38-27-14-6-8-16-35-27)25-17-20(37-26-13-5-7-15-34-26)18-30(25)29(33)36-19-31-23-11-3-1-9-21(23)22-10-2-4-12-24(22)31/h1-4,9-12,20,25-27H,5-8,13-19H2/t20-,25+,26?,27?/m1/s1. The number of para-hydroxylation sites is 2. The smallest absolute Gasteiger partial charge is 0.412 e. The fraction of sp³-hybridized carbons (Fsp3) is 0.517. The third-order valence-electron chi connectivity index (χ3n) is 7.63. The number of esters is 1. The minimum atomic E-state index is -0.806. The first-order valence-electron chi connectivity index (χ1n) is 13.7. The number of amides is 1. The van der Waals surface area contributed by atoms with E-state index in [-0.39, 0.29) is 25.7 Å². The SMILES string of the molecule is O=C(OC1CCCCO1)[C@@H]1C[C@@H](OC2CCCCO2)CN1C(=O)OCn1c2ccccc2c2ccccc21. The van der Waals surface area contributed by atoms with Crippen LogP contribution >= 0.6 is 0 Å². The van der Waals surface area contributed by atoms with Crippen LogP contribution in [0, 0.1) is 0 Å². The fourth-order valence-corrected chi connectivity index (χ4v) is 5.71. The first-order chi connectivity index (χ1) is 18.7. The Kier molecular flexibility index (Phi) is 7.49. The molecule has 9 nitrogen and oxygen atoms in total. The minimum Gasteiger partial charge on any atom is -0.434 e. The number of hydrogen-bond donors (Lipinski definition) is 0. The van der Waals surface area contributed by atoms with Gasteiger partial charge in [-0.25, -0.2) is 9.59 Å². The van der Waals surface area contributed by atoms with Crippen molar-refractivity contribution in [3.8, 4) is 0 Å². The van der Waals surface area contributed by atoms with Crippen LogP contribution in [0.3, 0.4) is 0 Å². The molecule has 6 rings (SSSR count).